The third-order valence-corrected chi connectivity index (χ3v) is 6.73. The number of nitriles is 1. The molecule has 240 valence electrons. The van der Waals surface area contributed by atoms with Crippen molar-refractivity contribution in [1.82, 2.24) is 0 Å². The number of methoxy groups -OCH3 is 1. The topological polar surface area (TPSA) is 87.0 Å². The number of hydrogen-bond acceptors (Lipinski definition) is 7. The summed E-state index contributed by atoms with van der Waals surface area (Å²) in [5, 5.41) is 9.96. The van der Waals surface area contributed by atoms with Crippen LogP contribution >= 0.6 is 0 Å². The highest BCUT2D eigenvalue weighted by Gasteiger charge is 2.13. The van der Waals surface area contributed by atoms with Gasteiger partial charge in [0.05, 0.1) is 44.2 Å². The highest BCUT2D eigenvalue weighted by molar-refractivity contribution is 5.90. The predicted octanol–water partition coefficient (Wildman–Crippen LogP) is 9.34. The molecule has 44 heavy (non-hydrogen) atoms. The van der Waals surface area contributed by atoms with Gasteiger partial charge < -0.3 is 23.7 Å². The van der Waals surface area contributed by atoms with Crippen LogP contribution in [0.4, 0.5) is 0 Å². The Labute approximate surface area is 264 Å². The third-order valence-electron chi connectivity index (χ3n) is 6.73. The largest absolute Gasteiger partial charge is 0.493 e. The predicted molar refractivity (Wildman–Crippen MR) is 177 cm³/mol. The first-order valence-electron chi connectivity index (χ1n) is 15.9. The minimum absolute atomic E-state index is 0.00872. The fraction of sp³-hybridized carbons (Fsp3) is 0.514. The summed E-state index contributed by atoms with van der Waals surface area (Å²) in [6, 6.07) is 13.6. The smallest absolute Gasteiger partial charge is 0.333 e. The second-order valence-electron chi connectivity index (χ2n) is 11.5. The van der Waals surface area contributed by atoms with E-state index >= 15 is 0 Å². The van der Waals surface area contributed by atoms with Crippen LogP contribution in [0, 0.1) is 11.3 Å². The third kappa shape index (κ3) is 13.6. The van der Waals surface area contributed by atoms with Gasteiger partial charge in [-0.3, -0.25) is 0 Å². The molecule has 0 N–H and O–H groups in total. The number of esters is 1. The van der Waals surface area contributed by atoms with E-state index in [-0.39, 0.29) is 18.2 Å². The number of benzene rings is 2. The normalized spacial score (nSPS) is 11.3. The van der Waals surface area contributed by atoms with Crippen LogP contribution in [0.1, 0.15) is 104 Å². The molecular formula is C37H51NO6. The minimum Gasteiger partial charge on any atom is -0.493 e. The Kier molecular flexibility index (Phi) is 16.6. The van der Waals surface area contributed by atoms with Gasteiger partial charge in [0.15, 0.2) is 23.0 Å². The monoisotopic (exact) mass is 605 g/mol. The Morgan fingerprint density at radius 3 is 1.93 bits per heavy atom. The molecule has 0 aliphatic rings. The second-order valence-corrected chi connectivity index (χ2v) is 11.5. The van der Waals surface area contributed by atoms with Crippen LogP contribution in [0.5, 0.6) is 23.0 Å². The maximum absolute atomic E-state index is 11.3. The SMILES string of the molecule is C=C(C)C(=O)OCCCCCCCCCCCOc1ccc(/C=C(\C#N)c2ccc(OC(C)C)c(OC(C)C)c2)cc1OC. The Bertz CT molecular complexity index is 1260. The van der Waals surface area contributed by atoms with Crippen molar-refractivity contribution in [3.05, 3.63) is 59.7 Å². The Morgan fingerprint density at radius 1 is 0.795 bits per heavy atom. The van der Waals surface area contributed by atoms with E-state index < -0.39 is 0 Å². The van der Waals surface area contributed by atoms with Crippen molar-refractivity contribution in [2.24, 2.45) is 0 Å². The molecule has 0 spiro atoms. The molecule has 0 radical (unpaired) electrons. The van der Waals surface area contributed by atoms with Crippen LogP contribution in [0.25, 0.3) is 11.6 Å². The molecule has 0 amide bonds. The van der Waals surface area contributed by atoms with Crippen molar-refractivity contribution >= 4 is 17.6 Å². The molecule has 0 bridgehead atoms. The zero-order valence-electron chi connectivity index (χ0n) is 27.6. The average Bonchev–Trinajstić information content (AvgIpc) is 2.98. The van der Waals surface area contributed by atoms with E-state index in [0.29, 0.717) is 47.4 Å². The maximum Gasteiger partial charge on any atom is 0.333 e. The lowest BCUT2D eigenvalue weighted by atomic mass is 10.0. The summed E-state index contributed by atoms with van der Waals surface area (Å²) >= 11 is 0. The molecule has 2 aromatic carbocycles. The molecule has 2 rings (SSSR count). The van der Waals surface area contributed by atoms with E-state index in [9.17, 15) is 10.1 Å². The number of nitrogens with zero attached hydrogens (tertiary/aromatic N) is 1. The van der Waals surface area contributed by atoms with Crippen molar-refractivity contribution in [2.45, 2.75) is 105 Å². The number of ether oxygens (including phenoxy) is 5. The van der Waals surface area contributed by atoms with Gasteiger partial charge in [-0.15, -0.1) is 0 Å². The molecule has 0 aliphatic carbocycles. The van der Waals surface area contributed by atoms with E-state index in [1.165, 1.54) is 32.1 Å². The van der Waals surface area contributed by atoms with Crippen LogP contribution in [0.3, 0.4) is 0 Å². The molecule has 0 atom stereocenters. The summed E-state index contributed by atoms with van der Waals surface area (Å²) in [5.74, 6) is 2.30. The van der Waals surface area contributed by atoms with Crippen molar-refractivity contribution in [1.29, 1.82) is 5.26 Å². The van der Waals surface area contributed by atoms with Gasteiger partial charge in [-0.2, -0.15) is 5.26 Å². The fourth-order valence-corrected chi connectivity index (χ4v) is 4.52. The standard InChI is InChI=1S/C37H51NO6/c1-27(2)37(39)42-22-16-14-12-10-8-9-11-13-15-21-41-33-19-17-30(24-35(33)40-7)23-32(26-38)31-18-20-34(43-28(3)4)36(25-31)44-29(5)6/h17-20,23-25,28-29H,1,8-16,21-22H2,2-7H3/b32-23+. The van der Waals surface area contributed by atoms with Crippen molar-refractivity contribution in [3.63, 3.8) is 0 Å². The molecule has 0 fully saturated rings. The van der Waals surface area contributed by atoms with Gasteiger partial charge in [0.1, 0.15) is 0 Å². The lowest BCUT2D eigenvalue weighted by Gasteiger charge is -2.18. The minimum atomic E-state index is -0.298. The highest BCUT2D eigenvalue weighted by Crippen LogP contribution is 2.34. The van der Waals surface area contributed by atoms with Gasteiger partial charge >= 0.3 is 5.97 Å². The lowest BCUT2D eigenvalue weighted by molar-refractivity contribution is -0.139. The first kappa shape index (κ1) is 36.3. The molecule has 0 heterocycles. The van der Waals surface area contributed by atoms with E-state index in [0.717, 1.165) is 36.8 Å². The molecule has 2 aromatic rings. The van der Waals surface area contributed by atoms with E-state index in [1.54, 1.807) is 14.0 Å². The van der Waals surface area contributed by atoms with E-state index in [1.807, 2.05) is 70.2 Å². The number of unbranched alkanes of at least 4 members (excludes halogenated alkanes) is 8. The van der Waals surface area contributed by atoms with Crippen LogP contribution < -0.4 is 18.9 Å². The molecule has 0 saturated carbocycles. The van der Waals surface area contributed by atoms with Gasteiger partial charge in [-0.05, 0) is 95.0 Å². The maximum atomic E-state index is 11.3. The number of allylic oxidation sites excluding steroid dienone is 1. The average molecular weight is 606 g/mol. The summed E-state index contributed by atoms with van der Waals surface area (Å²) in [4.78, 5) is 11.3. The Morgan fingerprint density at radius 2 is 1.36 bits per heavy atom. The molecule has 7 nitrogen and oxygen atoms in total. The molecule has 7 heteroatoms. The molecule has 0 aliphatic heterocycles. The van der Waals surface area contributed by atoms with Gasteiger partial charge in [-0.1, -0.05) is 57.6 Å². The molecule has 0 aromatic heterocycles. The number of carbonyl (C=O) groups excluding carboxylic acids is 1. The van der Waals surface area contributed by atoms with Crippen LogP contribution in [-0.4, -0.2) is 38.5 Å². The van der Waals surface area contributed by atoms with E-state index in [2.05, 4.69) is 12.6 Å². The van der Waals surface area contributed by atoms with Crippen molar-refractivity contribution in [2.75, 3.05) is 20.3 Å². The Hall–Kier alpha value is -3.92. The Balaban J connectivity index is 1.81. The van der Waals surface area contributed by atoms with Gasteiger partial charge in [0, 0.05) is 5.57 Å². The van der Waals surface area contributed by atoms with Crippen LogP contribution in [-0.2, 0) is 9.53 Å². The van der Waals surface area contributed by atoms with Crippen LogP contribution in [0.15, 0.2) is 48.6 Å². The first-order chi connectivity index (χ1) is 21.1. The van der Waals surface area contributed by atoms with Gasteiger partial charge in [-0.25, -0.2) is 4.79 Å². The van der Waals surface area contributed by atoms with Gasteiger partial charge in [0.25, 0.3) is 0 Å². The fourth-order valence-electron chi connectivity index (χ4n) is 4.52. The highest BCUT2D eigenvalue weighted by atomic mass is 16.5. The lowest BCUT2D eigenvalue weighted by Crippen LogP contribution is -2.11. The second kappa shape index (κ2) is 20.1. The quantitative estimate of drug-likeness (QED) is 0.0461. The number of rotatable bonds is 21. The summed E-state index contributed by atoms with van der Waals surface area (Å²) in [6.07, 6.45) is 11.9. The zero-order chi connectivity index (χ0) is 32.3. The summed E-state index contributed by atoms with van der Waals surface area (Å²) in [7, 11) is 1.62. The van der Waals surface area contributed by atoms with Crippen molar-refractivity contribution in [3.8, 4) is 29.1 Å². The van der Waals surface area contributed by atoms with Crippen molar-refractivity contribution < 1.29 is 28.5 Å². The van der Waals surface area contributed by atoms with Crippen LogP contribution in [0.2, 0.25) is 0 Å². The zero-order valence-corrected chi connectivity index (χ0v) is 27.6. The molecule has 0 saturated heterocycles. The summed E-state index contributed by atoms with van der Waals surface area (Å²) in [5.41, 5.74) is 2.55. The number of carbonyl (C=O) groups is 1. The van der Waals surface area contributed by atoms with Gasteiger partial charge in [0.2, 0.25) is 0 Å². The number of hydrogen-bond donors (Lipinski definition) is 0. The molecular weight excluding hydrogens is 554 g/mol. The summed E-state index contributed by atoms with van der Waals surface area (Å²) < 4.78 is 28.6. The van der Waals surface area contributed by atoms with E-state index in [4.69, 9.17) is 23.7 Å². The summed E-state index contributed by atoms with van der Waals surface area (Å²) in [6.45, 7) is 14.2. The first-order valence-corrected chi connectivity index (χ1v) is 15.9. The molecule has 0 unspecified atom stereocenters.